The van der Waals surface area contributed by atoms with E-state index >= 15 is 0 Å². The molecule has 0 unspecified atom stereocenters. The largest absolute Gasteiger partial charge is 0.490 e. The first kappa shape index (κ1) is 20.2. The van der Waals surface area contributed by atoms with E-state index in [-0.39, 0.29) is 0 Å². The Bertz CT molecular complexity index is 454. The van der Waals surface area contributed by atoms with Crippen molar-refractivity contribution in [2.45, 2.75) is 46.2 Å². The summed E-state index contributed by atoms with van der Waals surface area (Å²) in [5.41, 5.74) is 0. The van der Waals surface area contributed by atoms with Gasteiger partial charge < -0.3 is 15.4 Å². The molecule has 0 radical (unpaired) electrons. The number of nitrogens with one attached hydrogen (secondary N) is 2. The van der Waals surface area contributed by atoms with Crippen molar-refractivity contribution in [3.8, 4) is 5.75 Å². The van der Waals surface area contributed by atoms with Crippen molar-refractivity contribution in [1.82, 2.24) is 20.5 Å². The second-order valence-electron chi connectivity index (χ2n) is 6.24. The van der Waals surface area contributed by atoms with Crippen LogP contribution in [-0.2, 0) is 0 Å². The molecule has 1 rings (SSSR count). The third-order valence-electron chi connectivity index (χ3n) is 3.73. The number of ether oxygens (including phenoxy) is 1. The summed E-state index contributed by atoms with van der Waals surface area (Å²) in [6, 6.07) is 4.91. The van der Waals surface area contributed by atoms with Gasteiger partial charge in [0.25, 0.3) is 0 Å². The molecule has 1 heterocycles. The van der Waals surface area contributed by atoms with E-state index < -0.39 is 0 Å². The molecule has 0 aliphatic heterocycles. The normalized spacial score (nSPS) is 12.1. The quantitative estimate of drug-likeness (QED) is 0.390. The van der Waals surface area contributed by atoms with Crippen LogP contribution in [0, 0.1) is 0 Å². The van der Waals surface area contributed by atoms with Gasteiger partial charge in [0.2, 0.25) is 0 Å². The molecule has 0 aliphatic carbocycles. The summed E-state index contributed by atoms with van der Waals surface area (Å²) in [6.45, 7) is 12.2. The zero-order valence-corrected chi connectivity index (χ0v) is 15.7. The predicted octanol–water partition coefficient (Wildman–Crippen LogP) is 2.13. The van der Waals surface area contributed by atoms with E-state index in [1.54, 1.807) is 19.4 Å². The molecule has 0 spiro atoms. The molecular formula is C18H33N5O. The van der Waals surface area contributed by atoms with Crippen LogP contribution < -0.4 is 15.4 Å². The van der Waals surface area contributed by atoms with E-state index in [0.717, 1.165) is 31.2 Å². The number of rotatable bonds is 10. The molecule has 1 aromatic heterocycles. The van der Waals surface area contributed by atoms with Crippen molar-refractivity contribution >= 4 is 5.96 Å². The minimum Gasteiger partial charge on any atom is -0.490 e. The van der Waals surface area contributed by atoms with Crippen molar-refractivity contribution in [2.75, 3.05) is 33.3 Å². The van der Waals surface area contributed by atoms with Gasteiger partial charge in [0.1, 0.15) is 12.4 Å². The zero-order valence-electron chi connectivity index (χ0n) is 15.7. The van der Waals surface area contributed by atoms with Gasteiger partial charge in [-0.2, -0.15) is 0 Å². The van der Waals surface area contributed by atoms with Gasteiger partial charge in [-0.25, -0.2) is 0 Å². The summed E-state index contributed by atoms with van der Waals surface area (Å²) in [6.07, 6.45) is 4.53. The number of guanidine groups is 1. The zero-order chi connectivity index (χ0) is 17.8. The highest BCUT2D eigenvalue weighted by molar-refractivity contribution is 5.79. The third kappa shape index (κ3) is 8.15. The molecule has 0 aromatic carbocycles. The summed E-state index contributed by atoms with van der Waals surface area (Å²) in [5, 5.41) is 6.60. The summed E-state index contributed by atoms with van der Waals surface area (Å²) in [5.74, 6) is 1.59. The average molecular weight is 335 g/mol. The molecule has 0 saturated heterocycles. The second-order valence-corrected chi connectivity index (χ2v) is 6.24. The molecule has 1 aromatic rings. The van der Waals surface area contributed by atoms with Gasteiger partial charge in [-0.15, -0.1) is 0 Å². The molecule has 0 amide bonds. The molecule has 0 bridgehead atoms. The Kier molecular flexibility index (Phi) is 9.84. The Labute approximate surface area is 146 Å². The average Bonchev–Trinajstić information content (AvgIpc) is 2.56. The van der Waals surface area contributed by atoms with Gasteiger partial charge in [0, 0.05) is 38.4 Å². The molecule has 136 valence electrons. The van der Waals surface area contributed by atoms with Crippen LogP contribution >= 0.6 is 0 Å². The topological polar surface area (TPSA) is 61.8 Å². The SMILES string of the molecule is CN=C(NCCCN(C(C)C)C(C)C)NCCOc1cccnc1. The standard InChI is InChI=1S/C18H33N5O/c1-15(2)23(16(3)4)12-7-10-21-18(19-5)22-11-13-24-17-8-6-9-20-14-17/h6,8-9,14-16H,7,10-13H2,1-5H3,(H2,19,21,22). The summed E-state index contributed by atoms with van der Waals surface area (Å²) in [4.78, 5) is 10.7. The minimum absolute atomic E-state index is 0.570. The number of nitrogens with zero attached hydrogens (tertiary/aromatic N) is 3. The Morgan fingerprint density at radius 3 is 2.50 bits per heavy atom. The molecule has 0 aliphatic rings. The molecule has 0 saturated carbocycles. The van der Waals surface area contributed by atoms with E-state index in [1.165, 1.54) is 0 Å². The fourth-order valence-corrected chi connectivity index (χ4v) is 2.57. The summed E-state index contributed by atoms with van der Waals surface area (Å²) >= 11 is 0. The number of hydrogen-bond donors (Lipinski definition) is 2. The highest BCUT2D eigenvalue weighted by Gasteiger charge is 2.12. The second kappa shape index (κ2) is 11.7. The molecule has 6 heteroatoms. The van der Waals surface area contributed by atoms with Crippen molar-refractivity contribution in [3.63, 3.8) is 0 Å². The summed E-state index contributed by atoms with van der Waals surface area (Å²) < 4.78 is 5.60. The van der Waals surface area contributed by atoms with E-state index in [2.05, 4.69) is 53.2 Å². The Morgan fingerprint density at radius 1 is 1.21 bits per heavy atom. The molecule has 24 heavy (non-hydrogen) atoms. The molecule has 2 N–H and O–H groups in total. The molecular weight excluding hydrogens is 302 g/mol. The fraction of sp³-hybridized carbons (Fsp3) is 0.667. The molecule has 0 atom stereocenters. The van der Waals surface area contributed by atoms with Crippen molar-refractivity contribution in [3.05, 3.63) is 24.5 Å². The highest BCUT2D eigenvalue weighted by atomic mass is 16.5. The van der Waals surface area contributed by atoms with Crippen LogP contribution in [0.5, 0.6) is 5.75 Å². The van der Waals surface area contributed by atoms with E-state index in [1.807, 2.05) is 12.1 Å². The number of aliphatic imine (C=N–C) groups is 1. The van der Waals surface area contributed by atoms with E-state index in [4.69, 9.17) is 4.74 Å². The lowest BCUT2D eigenvalue weighted by Gasteiger charge is -2.30. The van der Waals surface area contributed by atoms with Crippen molar-refractivity contribution < 1.29 is 4.74 Å². The Balaban J connectivity index is 2.16. The maximum Gasteiger partial charge on any atom is 0.191 e. The molecule has 6 nitrogen and oxygen atoms in total. The highest BCUT2D eigenvalue weighted by Crippen LogP contribution is 2.05. The van der Waals surface area contributed by atoms with E-state index in [0.29, 0.717) is 25.2 Å². The van der Waals surface area contributed by atoms with Gasteiger partial charge in [0.15, 0.2) is 5.96 Å². The lowest BCUT2D eigenvalue weighted by atomic mass is 10.2. The van der Waals surface area contributed by atoms with Crippen LogP contribution in [0.4, 0.5) is 0 Å². The van der Waals surface area contributed by atoms with Crippen LogP contribution in [0.3, 0.4) is 0 Å². The first-order chi connectivity index (χ1) is 11.5. The van der Waals surface area contributed by atoms with Gasteiger partial charge >= 0.3 is 0 Å². The third-order valence-corrected chi connectivity index (χ3v) is 3.73. The lowest BCUT2D eigenvalue weighted by molar-refractivity contribution is 0.173. The fourth-order valence-electron chi connectivity index (χ4n) is 2.57. The van der Waals surface area contributed by atoms with Crippen molar-refractivity contribution in [1.29, 1.82) is 0 Å². The number of aromatic nitrogens is 1. The maximum atomic E-state index is 5.60. The lowest BCUT2D eigenvalue weighted by Crippen LogP contribution is -2.42. The smallest absolute Gasteiger partial charge is 0.191 e. The van der Waals surface area contributed by atoms with Crippen LogP contribution in [-0.4, -0.2) is 61.2 Å². The van der Waals surface area contributed by atoms with Gasteiger partial charge in [-0.05, 0) is 46.2 Å². The number of hydrogen-bond acceptors (Lipinski definition) is 4. The van der Waals surface area contributed by atoms with E-state index in [9.17, 15) is 0 Å². The minimum atomic E-state index is 0.570. The Hall–Kier alpha value is -1.82. The van der Waals surface area contributed by atoms with Gasteiger partial charge in [-0.1, -0.05) is 0 Å². The van der Waals surface area contributed by atoms with Crippen LogP contribution in [0.1, 0.15) is 34.1 Å². The first-order valence-electron chi connectivity index (χ1n) is 8.77. The maximum absolute atomic E-state index is 5.60. The summed E-state index contributed by atoms with van der Waals surface area (Å²) in [7, 11) is 1.78. The van der Waals surface area contributed by atoms with Crippen LogP contribution in [0.15, 0.2) is 29.5 Å². The van der Waals surface area contributed by atoms with Crippen LogP contribution in [0.25, 0.3) is 0 Å². The van der Waals surface area contributed by atoms with Crippen molar-refractivity contribution in [2.24, 2.45) is 4.99 Å². The molecule has 0 fully saturated rings. The van der Waals surface area contributed by atoms with Gasteiger partial charge in [0.05, 0.1) is 12.7 Å². The first-order valence-corrected chi connectivity index (χ1v) is 8.77. The van der Waals surface area contributed by atoms with Gasteiger partial charge in [-0.3, -0.25) is 14.9 Å². The van der Waals surface area contributed by atoms with Crippen LogP contribution in [0.2, 0.25) is 0 Å². The predicted molar refractivity (Wildman–Crippen MR) is 101 cm³/mol. The number of pyridine rings is 1. The monoisotopic (exact) mass is 335 g/mol. The Morgan fingerprint density at radius 2 is 1.92 bits per heavy atom.